The molecule has 0 amide bonds. The molecule has 0 spiro atoms. The number of nitrogens with one attached hydrogen (secondary N) is 1. The molecule has 2 atom stereocenters. The van der Waals surface area contributed by atoms with E-state index in [0.717, 1.165) is 19.1 Å². The molecule has 2 fully saturated rings. The molecule has 20 heavy (non-hydrogen) atoms. The van der Waals surface area contributed by atoms with Crippen molar-refractivity contribution in [1.29, 1.82) is 0 Å². The van der Waals surface area contributed by atoms with Gasteiger partial charge in [0.2, 0.25) is 0 Å². The molecule has 1 N–H and O–H groups in total. The van der Waals surface area contributed by atoms with Crippen LogP contribution in [0.3, 0.4) is 0 Å². The molecule has 4 heteroatoms. The molecule has 110 valence electrons. The fourth-order valence-corrected chi connectivity index (χ4v) is 3.61. The van der Waals surface area contributed by atoms with Crippen molar-refractivity contribution in [2.24, 2.45) is 5.92 Å². The lowest BCUT2D eigenvalue weighted by molar-refractivity contribution is 0.119. The van der Waals surface area contributed by atoms with Crippen LogP contribution in [0, 0.1) is 5.92 Å². The van der Waals surface area contributed by atoms with Crippen molar-refractivity contribution in [3.8, 4) is 0 Å². The Morgan fingerprint density at radius 1 is 1.20 bits per heavy atom. The third-order valence-corrected chi connectivity index (χ3v) is 5.28. The van der Waals surface area contributed by atoms with Gasteiger partial charge in [0.05, 0.1) is 10.0 Å². The Hall–Kier alpha value is -0.280. The van der Waals surface area contributed by atoms with Crippen LogP contribution in [0.25, 0.3) is 0 Å². The fraction of sp³-hybridized carbons (Fsp3) is 0.625. The summed E-state index contributed by atoms with van der Waals surface area (Å²) in [6, 6.07) is 7.32. The topological polar surface area (TPSA) is 15.3 Å². The van der Waals surface area contributed by atoms with Crippen LogP contribution >= 0.6 is 23.2 Å². The largest absolute Gasteiger partial charge is 0.314 e. The second-order valence-corrected chi connectivity index (χ2v) is 7.00. The first-order valence-electron chi connectivity index (χ1n) is 7.53. The van der Waals surface area contributed by atoms with Gasteiger partial charge in [0, 0.05) is 18.6 Å². The molecule has 2 unspecified atom stereocenters. The molecule has 1 aliphatic heterocycles. The SMILES string of the molecule is CN1CCCC(CNC2CC2)C1c1ccc(Cl)c(Cl)c1. The summed E-state index contributed by atoms with van der Waals surface area (Å²) in [5.41, 5.74) is 1.30. The second kappa shape index (κ2) is 6.23. The van der Waals surface area contributed by atoms with Gasteiger partial charge in [-0.3, -0.25) is 4.90 Å². The smallest absolute Gasteiger partial charge is 0.0595 e. The van der Waals surface area contributed by atoms with Gasteiger partial charge in [0.25, 0.3) is 0 Å². The third kappa shape index (κ3) is 3.30. The average molecular weight is 313 g/mol. The molecule has 1 saturated heterocycles. The Morgan fingerprint density at radius 2 is 2.00 bits per heavy atom. The summed E-state index contributed by atoms with van der Waals surface area (Å²) in [5.74, 6) is 0.659. The van der Waals surface area contributed by atoms with Gasteiger partial charge >= 0.3 is 0 Å². The minimum atomic E-state index is 0.449. The Balaban J connectivity index is 1.78. The molecular formula is C16H22Cl2N2. The zero-order valence-electron chi connectivity index (χ0n) is 11.9. The van der Waals surface area contributed by atoms with Crippen LogP contribution in [0.5, 0.6) is 0 Å². The number of benzene rings is 1. The number of rotatable bonds is 4. The molecule has 0 aromatic heterocycles. The van der Waals surface area contributed by atoms with Gasteiger partial charge in [-0.15, -0.1) is 0 Å². The van der Waals surface area contributed by atoms with Gasteiger partial charge in [0.15, 0.2) is 0 Å². The van der Waals surface area contributed by atoms with Crippen LogP contribution < -0.4 is 5.32 Å². The van der Waals surface area contributed by atoms with Crippen molar-refractivity contribution in [3.63, 3.8) is 0 Å². The van der Waals surface area contributed by atoms with Gasteiger partial charge < -0.3 is 5.32 Å². The molecular weight excluding hydrogens is 291 g/mol. The maximum absolute atomic E-state index is 6.20. The molecule has 1 aromatic carbocycles. The standard InChI is InChI=1S/C16H22Cl2N2/c1-20-8-2-3-12(10-19-13-5-6-13)16(20)11-4-7-14(17)15(18)9-11/h4,7,9,12-13,16,19H,2-3,5-6,8,10H2,1H3. The van der Waals surface area contributed by atoms with Crippen molar-refractivity contribution < 1.29 is 0 Å². The zero-order valence-corrected chi connectivity index (χ0v) is 13.4. The zero-order chi connectivity index (χ0) is 14.1. The first kappa shape index (κ1) is 14.6. The van der Waals surface area contributed by atoms with Crippen LogP contribution in [-0.2, 0) is 0 Å². The van der Waals surface area contributed by atoms with Gasteiger partial charge in [-0.1, -0.05) is 29.3 Å². The average Bonchev–Trinajstić information content (AvgIpc) is 3.24. The monoisotopic (exact) mass is 312 g/mol. The molecule has 2 nitrogen and oxygen atoms in total. The van der Waals surface area contributed by atoms with E-state index >= 15 is 0 Å². The van der Waals surface area contributed by atoms with Crippen LogP contribution in [-0.4, -0.2) is 31.1 Å². The quantitative estimate of drug-likeness (QED) is 0.899. The minimum Gasteiger partial charge on any atom is -0.314 e. The van der Waals surface area contributed by atoms with Gasteiger partial charge in [0.1, 0.15) is 0 Å². The van der Waals surface area contributed by atoms with E-state index in [1.54, 1.807) is 0 Å². The normalized spacial score (nSPS) is 27.8. The first-order chi connectivity index (χ1) is 9.65. The van der Waals surface area contributed by atoms with E-state index < -0.39 is 0 Å². The maximum Gasteiger partial charge on any atom is 0.0595 e. The molecule has 1 aliphatic carbocycles. The third-order valence-electron chi connectivity index (χ3n) is 4.54. The van der Waals surface area contributed by atoms with E-state index in [4.69, 9.17) is 23.2 Å². The highest BCUT2D eigenvalue weighted by molar-refractivity contribution is 6.42. The lowest BCUT2D eigenvalue weighted by Crippen LogP contribution is -2.40. The number of likely N-dealkylation sites (tertiary alicyclic amines) is 1. The van der Waals surface area contributed by atoms with Gasteiger partial charge in [-0.2, -0.15) is 0 Å². The summed E-state index contributed by atoms with van der Waals surface area (Å²) in [5, 5.41) is 4.99. The number of nitrogens with zero attached hydrogens (tertiary/aromatic N) is 1. The predicted molar refractivity (Wildman–Crippen MR) is 85.6 cm³/mol. The Labute approximate surface area is 131 Å². The molecule has 1 heterocycles. The highest BCUT2D eigenvalue weighted by Gasteiger charge is 2.32. The molecule has 0 radical (unpaired) electrons. The van der Waals surface area contributed by atoms with E-state index in [0.29, 0.717) is 22.0 Å². The van der Waals surface area contributed by atoms with E-state index in [2.05, 4.69) is 23.3 Å². The summed E-state index contributed by atoms with van der Waals surface area (Å²) in [4.78, 5) is 2.46. The number of halogens is 2. The summed E-state index contributed by atoms with van der Waals surface area (Å²) < 4.78 is 0. The fourth-order valence-electron chi connectivity index (χ4n) is 3.30. The van der Waals surface area contributed by atoms with Crippen molar-refractivity contribution in [1.82, 2.24) is 10.2 Å². The summed E-state index contributed by atoms with van der Waals surface area (Å²) in [7, 11) is 2.22. The van der Waals surface area contributed by atoms with Crippen LogP contribution in [0.15, 0.2) is 18.2 Å². The summed E-state index contributed by atoms with van der Waals surface area (Å²) >= 11 is 12.2. The molecule has 1 aromatic rings. The Bertz CT molecular complexity index is 474. The molecule has 2 aliphatic rings. The minimum absolute atomic E-state index is 0.449. The highest BCUT2D eigenvalue weighted by atomic mass is 35.5. The van der Waals surface area contributed by atoms with Crippen LogP contribution in [0.1, 0.15) is 37.3 Å². The van der Waals surface area contributed by atoms with E-state index in [1.807, 2.05) is 12.1 Å². The van der Waals surface area contributed by atoms with Crippen molar-refractivity contribution in [2.75, 3.05) is 20.1 Å². The lowest BCUT2D eigenvalue weighted by Gasteiger charge is -2.40. The lowest BCUT2D eigenvalue weighted by atomic mass is 9.85. The van der Waals surface area contributed by atoms with E-state index in [-0.39, 0.29) is 0 Å². The van der Waals surface area contributed by atoms with Crippen LogP contribution in [0.2, 0.25) is 10.0 Å². The summed E-state index contributed by atoms with van der Waals surface area (Å²) in [6.45, 7) is 2.27. The molecule has 0 bridgehead atoms. The summed E-state index contributed by atoms with van der Waals surface area (Å²) in [6.07, 6.45) is 5.26. The van der Waals surface area contributed by atoms with Crippen molar-refractivity contribution >= 4 is 23.2 Å². The van der Waals surface area contributed by atoms with Crippen molar-refractivity contribution in [3.05, 3.63) is 33.8 Å². The first-order valence-corrected chi connectivity index (χ1v) is 8.29. The van der Waals surface area contributed by atoms with Crippen molar-refractivity contribution in [2.45, 2.75) is 37.8 Å². The second-order valence-electron chi connectivity index (χ2n) is 6.18. The van der Waals surface area contributed by atoms with Crippen LogP contribution in [0.4, 0.5) is 0 Å². The van der Waals surface area contributed by atoms with E-state index in [9.17, 15) is 0 Å². The Morgan fingerprint density at radius 3 is 2.70 bits per heavy atom. The number of hydrogen-bond donors (Lipinski definition) is 1. The maximum atomic E-state index is 6.20. The number of piperidine rings is 1. The van der Waals surface area contributed by atoms with E-state index in [1.165, 1.54) is 31.2 Å². The Kier molecular flexibility index (Phi) is 4.56. The van der Waals surface area contributed by atoms with Gasteiger partial charge in [-0.25, -0.2) is 0 Å². The highest BCUT2D eigenvalue weighted by Crippen LogP contribution is 2.37. The molecule has 3 rings (SSSR count). The van der Waals surface area contributed by atoms with Gasteiger partial charge in [-0.05, 0) is 62.9 Å². The predicted octanol–water partition coefficient (Wildman–Crippen LogP) is 4.13. The number of hydrogen-bond acceptors (Lipinski definition) is 2. The molecule has 1 saturated carbocycles.